The van der Waals surface area contributed by atoms with E-state index < -0.39 is 0 Å². The van der Waals surface area contributed by atoms with Crippen LogP contribution in [0.25, 0.3) is 0 Å². The quantitative estimate of drug-likeness (QED) is 0.750. The molecular formula is C9H14ClN5. The molecule has 1 aliphatic heterocycles. The van der Waals surface area contributed by atoms with E-state index in [2.05, 4.69) is 20.4 Å². The van der Waals surface area contributed by atoms with E-state index in [9.17, 15) is 0 Å². The van der Waals surface area contributed by atoms with Crippen LogP contribution in [0.1, 0.15) is 19.3 Å². The highest BCUT2D eigenvalue weighted by Crippen LogP contribution is 2.15. The van der Waals surface area contributed by atoms with Crippen LogP contribution in [0.4, 0.5) is 11.8 Å². The molecule has 0 aliphatic carbocycles. The topological polar surface area (TPSA) is 67.1 Å². The zero-order valence-electron chi connectivity index (χ0n) is 8.41. The average Bonchev–Trinajstić information content (AvgIpc) is 2.17. The van der Waals surface area contributed by atoms with Crippen LogP contribution in [0.15, 0.2) is 6.07 Å². The van der Waals surface area contributed by atoms with Crippen LogP contribution in [0, 0.1) is 0 Å². The zero-order valence-corrected chi connectivity index (χ0v) is 9.17. The molecule has 0 unspecified atom stereocenters. The van der Waals surface area contributed by atoms with E-state index in [1.807, 2.05) is 0 Å². The fraction of sp³-hybridized carbons (Fsp3) is 0.556. The summed E-state index contributed by atoms with van der Waals surface area (Å²) in [6, 6.07) is 1.67. The van der Waals surface area contributed by atoms with Gasteiger partial charge >= 0.3 is 0 Å². The van der Waals surface area contributed by atoms with Gasteiger partial charge in [-0.05, 0) is 12.8 Å². The molecule has 2 heterocycles. The predicted molar refractivity (Wildman–Crippen MR) is 60.5 cm³/mol. The van der Waals surface area contributed by atoms with Crippen LogP contribution >= 0.6 is 11.6 Å². The lowest BCUT2D eigenvalue weighted by Gasteiger charge is -2.27. The molecule has 0 amide bonds. The molecule has 3 N–H and O–H groups in total. The second-order valence-electron chi connectivity index (χ2n) is 3.59. The number of rotatable bonds is 2. The predicted octanol–water partition coefficient (Wildman–Crippen LogP) is 1.52. The molecule has 0 bridgehead atoms. The highest BCUT2D eigenvalue weighted by molar-refractivity contribution is 6.29. The van der Waals surface area contributed by atoms with Gasteiger partial charge in [-0.1, -0.05) is 18.0 Å². The van der Waals surface area contributed by atoms with Gasteiger partial charge in [0, 0.05) is 19.2 Å². The number of nitrogens with zero attached hydrogens (tertiary/aromatic N) is 3. The number of nitrogen functional groups attached to an aromatic ring is 1. The van der Waals surface area contributed by atoms with Gasteiger partial charge in [0.25, 0.3) is 0 Å². The third-order valence-corrected chi connectivity index (χ3v) is 2.53. The first kappa shape index (κ1) is 10.4. The van der Waals surface area contributed by atoms with Crippen LogP contribution in [0.5, 0.6) is 0 Å². The second kappa shape index (κ2) is 4.63. The Balaban J connectivity index is 2.02. The first-order valence-corrected chi connectivity index (χ1v) is 5.43. The average molecular weight is 228 g/mol. The third kappa shape index (κ3) is 2.94. The molecule has 6 heteroatoms. The molecule has 0 saturated carbocycles. The molecule has 0 atom stereocenters. The number of halogens is 1. The molecule has 82 valence electrons. The summed E-state index contributed by atoms with van der Waals surface area (Å²) in [6.45, 7) is 2.06. The van der Waals surface area contributed by atoms with Crippen molar-refractivity contribution in [2.24, 2.45) is 0 Å². The normalized spacial score (nSPS) is 17.7. The first-order chi connectivity index (χ1) is 7.24. The van der Waals surface area contributed by atoms with Crippen molar-refractivity contribution in [3.05, 3.63) is 11.2 Å². The molecule has 1 aromatic heterocycles. The number of anilines is 2. The Labute approximate surface area is 93.6 Å². The van der Waals surface area contributed by atoms with Crippen LogP contribution in [-0.4, -0.2) is 28.1 Å². The monoisotopic (exact) mass is 227 g/mol. The molecule has 1 fully saturated rings. The number of hydrogen-bond donors (Lipinski definition) is 2. The van der Waals surface area contributed by atoms with Gasteiger partial charge in [0.15, 0.2) is 0 Å². The largest absolute Gasteiger partial charge is 0.368 e. The summed E-state index contributed by atoms with van der Waals surface area (Å²) in [4.78, 5) is 7.86. The van der Waals surface area contributed by atoms with E-state index >= 15 is 0 Å². The van der Waals surface area contributed by atoms with E-state index in [0.717, 1.165) is 13.1 Å². The lowest BCUT2D eigenvalue weighted by Crippen LogP contribution is -2.35. The Morgan fingerprint density at radius 2 is 2.00 bits per heavy atom. The zero-order chi connectivity index (χ0) is 10.7. The smallest absolute Gasteiger partial charge is 0.223 e. The van der Waals surface area contributed by atoms with E-state index in [1.165, 1.54) is 19.3 Å². The van der Waals surface area contributed by atoms with Crippen molar-refractivity contribution in [2.75, 3.05) is 24.2 Å². The maximum atomic E-state index is 5.78. The highest BCUT2D eigenvalue weighted by Gasteiger charge is 2.10. The van der Waals surface area contributed by atoms with Gasteiger partial charge in [0.05, 0.1) is 0 Å². The van der Waals surface area contributed by atoms with Gasteiger partial charge in [-0.15, -0.1) is 0 Å². The SMILES string of the molecule is Nc1nc(Cl)cc(NN2CCCCC2)n1. The van der Waals surface area contributed by atoms with E-state index in [1.54, 1.807) is 6.07 Å². The summed E-state index contributed by atoms with van der Waals surface area (Å²) in [6.07, 6.45) is 3.72. The summed E-state index contributed by atoms with van der Waals surface area (Å²) in [5, 5.41) is 2.49. The van der Waals surface area contributed by atoms with Crippen molar-refractivity contribution in [2.45, 2.75) is 19.3 Å². The molecule has 0 radical (unpaired) electrons. The number of hydrazine groups is 1. The van der Waals surface area contributed by atoms with Crippen molar-refractivity contribution in [3.8, 4) is 0 Å². The lowest BCUT2D eigenvalue weighted by molar-refractivity contribution is 0.272. The Morgan fingerprint density at radius 1 is 1.27 bits per heavy atom. The fourth-order valence-electron chi connectivity index (χ4n) is 1.66. The summed E-state index contributed by atoms with van der Waals surface area (Å²) in [5.74, 6) is 0.858. The summed E-state index contributed by atoms with van der Waals surface area (Å²) < 4.78 is 0. The maximum absolute atomic E-state index is 5.78. The number of nitrogens with two attached hydrogens (primary N) is 1. The lowest BCUT2D eigenvalue weighted by atomic mass is 10.2. The molecule has 15 heavy (non-hydrogen) atoms. The van der Waals surface area contributed by atoms with Gasteiger partial charge in [-0.3, -0.25) is 0 Å². The van der Waals surface area contributed by atoms with Gasteiger partial charge in [-0.25, -0.2) is 9.99 Å². The Bertz CT molecular complexity index is 317. The molecule has 2 rings (SSSR count). The van der Waals surface area contributed by atoms with E-state index in [4.69, 9.17) is 17.3 Å². The van der Waals surface area contributed by atoms with Crippen LogP contribution in [0.3, 0.4) is 0 Å². The van der Waals surface area contributed by atoms with Crippen molar-refractivity contribution in [1.29, 1.82) is 0 Å². The molecule has 5 nitrogen and oxygen atoms in total. The summed E-state index contributed by atoms with van der Waals surface area (Å²) >= 11 is 5.78. The number of piperidine rings is 1. The minimum Gasteiger partial charge on any atom is -0.368 e. The fourth-order valence-corrected chi connectivity index (χ4v) is 1.85. The van der Waals surface area contributed by atoms with Crippen LogP contribution in [-0.2, 0) is 0 Å². The molecule has 1 saturated heterocycles. The molecular weight excluding hydrogens is 214 g/mol. The van der Waals surface area contributed by atoms with Gasteiger partial charge < -0.3 is 11.2 Å². The van der Waals surface area contributed by atoms with Crippen molar-refractivity contribution in [3.63, 3.8) is 0 Å². The van der Waals surface area contributed by atoms with Crippen LogP contribution in [0.2, 0.25) is 5.15 Å². The molecule has 0 aromatic carbocycles. The van der Waals surface area contributed by atoms with Gasteiger partial charge in [-0.2, -0.15) is 4.98 Å². The van der Waals surface area contributed by atoms with E-state index in [0.29, 0.717) is 11.0 Å². The molecule has 1 aliphatic rings. The van der Waals surface area contributed by atoms with Crippen LogP contribution < -0.4 is 11.2 Å². The minimum atomic E-state index is 0.196. The van der Waals surface area contributed by atoms with E-state index in [-0.39, 0.29) is 5.95 Å². The summed E-state index contributed by atoms with van der Waals surface area (Å²) in [7, 11) is 0. The highest BCUT2D eigenvalue weighted by atomic mass is 35.5. The van der Waals surface area contributed by atoms with Crippen molar-refractivity contribution >= 4 is 23.4 Å². The first-order valence-electron chi connectivity index (χ1n) is 5.06. The third-order valence-electron chi connectivity index (χ3n) is 2.34. The number of nitrogens with one attached hydrogen (secondary N) is 1. The summed E-state index contributed by atoms with van der Waals surface area (Å²) in [5.41, 5.74) is 8.68. The molecule has 1 aromatic rings. The van der Waals surface area contributed by atoms with Gasteiger partial charge in [0.1, 0.15) is 11.0 Å². The number of hydrogen-bond acceptors (Lipinski definition) is 5. The molecule has 0 spiro atoms. The second-order valence-corrected chi connectivity index (χ2v) is 3.98. The minimum absolute atomic E-state index is 0.196. The Kier molecular flexibility index (Phi) is 3.23. The maximum Gasteiger partial charge on any atom is 0.223 e. The standard InChI is InChI=1S/C9H14ClN5/c10-7-6-8(13-9(11)12-7)14-15-4-2-1-3-5-15/h6H,1-5H2,(H3,11,12,13,14). The number of aromatic nitrogens is 2. The van der Waals surface area contributed by atoms with Crippen molar-refractivity contribution in [1.82, 2.24) is 15.0 Å². The van der Waals surface area contributed by atoms with Crippen molar-refractivity contribution < 1.29 is 0 Å². The Hall–Kier alpha value is -1.07. The van der Waals surface area contributed by atoms with Gasteiger partial charge in [0.2, 0.25) is 5.95 Å². The Morgan fingerprint density at radius 3 is 2.67 bits per heavy atom.